The van der Waals surface area contributed by atoms with Gasteiger partial charge in [0, 0.05) is 18.1 Å². The highest BCUT2D eigenvalue weighted by Gasteiger charge is 1.99. The predicted octanol–water partition coefficient (Wildman–Crippen LogP) is 1.74. The SMILES string of the molecule is C=C(NCc1cnccn1)C(C)C. The molecule has 3 heteroatoms. The van der Waals surface area contributed by atoms with Crippen molar-refractivity contribution in [3.8, 4) is 0 Å². The fourth-order valence-electron chi connectivity index (χ4n) is 0.829. The van der Waals surface area contributed by atoms with E-state index in [0.717, 1.165) is 11.4 Å². The summed E-state index contributed by atoms with van der Waals surface area (Å²) in [6, 6.07) is 0. The molecule has 0 aliphatic carbocycles. The van der Waals surface area contributed by atoms with Crippen LogP contribution in [0.15, 0.2) is 30.9 Å². The van der Waals surface area contributed by atoms with Crippen LogP contribution in [0.5, 0.6) is 0 Å². The second-order valence-corrected chi connectivity index (χ2v) is 3.23. The van der Waals surface area contributed by atoms with Crippen LogP contribution in [0.2, 0.25) is 0 Å². The van der Waals surface area contributed by atoms with E-state index in [4.69, 9.17) is 0 Å². The van der Waals surface area contributed by atoms with E-state index in [2.05, 4.69) is 35.7 Å². The third-order valence-corrected chi connectivity index (χ3v) is 1.81. The van der Waals surface area contributed by atoms with Crippen LogP contribution in [0, 0.1) is 5.92 Å². The maximum absolute atomic E-state index is 4.14. The summed E-state index contributed by atoms with van der Waals surface area (Å²) in [4.78, 5) is 8.12. The summed E-state index contributed by atoms with van der Waals surface area (Å²) in [6.45, 7) is 8.82. The molecule has 0 unspecified atom stereocenters. The Bertz CT molecular complexity index is 267. The van der Waals surface area contributed by atoms with Gasteiger partial charge in [0.2, 0.25) is 0 Å². The van der Waals surface area contributed by atoms with Gasteiger partial charge in [-0.2, -0.15) is 0 Å². The van der Waals surface area contributed by atoms with Gasteiger partial charge in [-0.05, 0) is 5.92 Å². The summed E-state index contributed by atoms with van der Waals surface area (Å²) in [6.07, 6.45) is 5.11. The monoisotopic (exact) mass is 177 g/mol. The number of nitrogens with zero attached hydrogens (tertiary/aromatic N) is 2. The number of aromatic nitrogens is 2. The number of hydrogen-bond donors (Lipinski definition) is 1. The lowest BCUT2D eigenvalue weighted by molar-refractivity contribution is 0.648. The number of nitrogens with one attached hydrogen (secondary N) is 1. The molecule has 1 heterocycles. The Morgan fingerprint density at radius 2 is 2.31 bits per heavy atom. The minimum absolute atomic E-state index is 0.455. The summed E-state index contributed by atoms with van der Waals surface area (Å²) in [5.74, 6) is 0.455. The van der Waals surface area contributed by atoms with Crippen LogP contribution < -0.4 is 5.32 Å². The molecule has 0 radical (unpaired) electrons. The average molecular weight is 177 g/mol. The van der Waals surface area contributed by atoms with Crippen molar-refractivity contribution in [1.29, 1.82) is 0 Å². The zero-order chi connectivity index (χ0) is 9.68. The van der Waals surface area contributed by atoms with Crippen molar-refractivity contribution in [2.45, 2.75) is 20.4 Å². The van der Waals surface area contributed by atoms with E-state index in [1.54, 1.807) is 18.6 Å². The molecule has 13 heavy (non-hydrogen) atoms. The molecule has 1 aromatic rings. The van der Waals surface area contributed by atoms with Crippen molar-refractivity contribution in [1.82, 2.24) is 15.3 Å². The molecule has 1 aromatic heterocycles. The van der Waals surface area contributed by atoms with Crippen molar-refractivity contribution in [3.05, 3.63) is 36.6 Å². The van der Waals surface area contributed by atoms with Crippen LogP contribution in [0.25, 0.3) is 0 Å². The quantitative estimate of drug-likeness (QED) is 0.761. The molecule has 3 nitrogen and oxygen atoms in total. The van der Waals surface area contributed by atoms with E-state index < -0.39 is 0 Å². The van der Waals surface area contributed by atoms with Gasteiger partial charge in [-0.3, -0.25) is 9.97 Å². The smallest absolute Gasteiger partial charge is 0.0777 e. The van der Waals surface area contributed by atoms with Gasteiger partial charge in [-0.25, -0.2) is 0 Å². The van der Waals surface area contributed by atoms with Gasteiger partial charge in [0.05, 0.1) is 18.4 Å². The van der Waals surface area contributed by atoms with Crippen LogP contribution in [0.1, 0.15) is 19.5 Å². The van der Waals surface area contributed by atoms with Gasteiger partial charge in [0.15, 0.2) is 0 Å². The largest absolute Gasteiger partial charge is 0.383 e. The Labute approximate surface area is 78.9 Å². The number of hydrogen-bond acceptors (Lipinski definition) is 3. The number of rotatable bonds is 4. The normalized spacial score (nSPS) is 10.1. The first-order valence-corrected chi connectivity index (χ1v) is 4.37. The molecule has 0 aliphatic rings. The van der Waals surface area contributed by atoms with Gasteiger partial charge in [-0.1, -0.05) is 20.4 Å². The molecular formula is C10H15N3. The minimum Gasteiger partial charge on any atom is -0.383 e. The van der Waals surface area contributed by atoms with Crippen molar-refractivity contribution in [2.24, 2.45) is 5.92 Å². The Morgan fingerprint density at radius 1 is 1.54 bits per heavy atom. The summed E-state index contributed by atoms with van der Waals surface area (Å²) in [5, 5.41) is 3.20. The van der Waals surface area contributed by atoms with Gasteiger partial charge in [0.25, 0.3) is 0 Å². The summed E-state index contributed by atoms with van der Waals surface area (Å²) in [7, 11) is 0. The van der Waals surface area contributed by atoms with E-state index in [1.807, 2.05) is 0 Å². The second-order valence-electron chi connectivity index (χ2n) is 3.23. The van der Waals surface area contributed by atoms with Crippen molar-refractivity contribution >= 4 is 0 Å². The molecule has 0 bridgehead atoms. The van der Waals surface area contributed by atoms with Crippen molar-refractivity contribution in [3.63, 3.8) is 0 Å². The van der Waals surface area contributed by atoms with Gasteiger partial charge >= 0.3 is 0 Å². The van der Waals surface area contributed by atoms with Crippen LogP contribution in [0.3, 0.4) is 0 Å². The standard InChI is InChI=1S/C10H15N3/c1-8(2)9(3)13-7-10-6-11-4-5-12-10/h4-6,8,13H,3,7H2,1-2H3. The topological polar surface area (TPSA) is 37.8 Å². The fraction of sp³-hybridized carbons (Fsp3) is 0.400. The Morgan fingerprint density at radius 3 is 2.85 bits per heavy atom. The highest BCUT2D eigenvalue weighted by atomic mass is 14.9. The first-order valence-electron chi connectivity index (χ1n) is 4.37. The van der Waals surface area contributed by atoms with E-state index in [0.29, 0.717) is 12.5 Å². The minimum atomic E-state index is 0.455. The van der Waals surface area contributed by atoms with Crippen LogP contribution in [0.4, 0.5) is 0 Å². The Hall–Kier alpha value is -1.38. The molecule has 1 N–H and O–H groups in total. The lowest BCUT2D eigenvalue weighted by atomic mass is 10.1. The second kappa shape index (κ2) is 4.60. The summed E-state index contributed by atoms with van der Waals surface area (Å²) >= 11 is 0. The fourth-order valence-corrected chi connectivity index (χ4v) is 0.829. The lowest BCUT2D eigenvalue weighted by Gasteiger charge is -2.11. The first kappa shape index (κ1) is 9.71. The third kappa shape index (κ3) is 3.23. The molecule has 0 spiro atoms. The predicted molar refractivity (Wildman–Crippen MR) is 52.8 cm³/mol. The summed E-state index contributed by atoms with van der Waals surface area (Å²) in [5.41, 5.74) is 1.97. The highest BCUT2D eigenvalue weighted by molar-refractivity contribution is 5.00. The van der Waals surface area contributed by atoms with Crippen molar-refractivity contribution < 1.29 is 0 Å². The third-order valence-electron chi connectivity index (χ3n) is 1.81. The Kier molecular flexibility index (Phi) is 3.43. The van der Waals surface area contributed by atoms with Crippen LogP contribution in [-0.4, -0.2) is 9.97 Å². The van der Waals surface area contributed by atoms with Crippen LogP contribution >= 0.6 is 0 Å². The van der Waals surface area contributed by atoms with E-state index in [9.17, 15) is 0 Å². The first-order chi connectivity index (χ1) is 6.20. The molecular weight excluding hydrogens is 162 g/mol. The van der Waals surface area contributed by atoms with Gasteiger partial charge < -0.3 is 5.32 Å². The molecule has 0 atom stereocenters. The van der Waals surface area contributed by atoms with E-state index in [1.165, 1.54) is 0 Å². The molecule has 0 saturated heterocycles. The zero-order valence-electron chi connectivity index (χ0n) is 8.12. The summed E-state index contributed by atoms with van der Waals surface area (Å²) < 4.78 is 0. The molecule has 0 saturated carbocycles. The van der Waals surface area contributed by atoms with E-state index >= 15 is 0 Å². The number of allylic oxidation sites excluding steroid dienone is 1. The molecule has 0 aromatic carbocycles. The van der Waals surface area contributed by atoms with Gasteiger partial charge in [-0.15, -0.1) is 0 Å². The zero-order valence-corrected chi connectivity index (χ0v) is 8.12. The molecule has 1 rings (SSSR count). The average Bonchev–Trinajstić information content (AvgIpc) is 2.15. The lowest BCUT2D eigenvalue weighted by Crippen LogP contribution is -2.16. The Balaban J connectivity index is 2.40. The van der Waals surface area contributed by atoms with Crippen molar-refractivity contribution in [2.75, 3.05) is 0 Å². The maximum Gasteiger partial charge on any atom is 0.0777 e. The highest BCUT2D eigenvalue weighted by Crippen LogP contribution is 2.03. The van der Waals surface area contributed by atoms with Crippen LogP contribution in [-0.2, 0) is 6.54 Å². The van der Waals surface area contributed by atoms with E-state index in [-0.39, 0.29) is 0 Å². The maximum atomic E-state index is 4.14. The molecule has 0 amide bonds. The molecule has 0 aliphatic heterocycles. The van der Waals surface area contributed by atoms with Gasteiger partial charge in [0.1, 0.15) is 0 Å². The molecule has 0 fully saturated rings. The molecule has 70 valence electrons.